The Hall–Kier alpha value is -4.53. The fraction of sp³-hybridized carbons (Fsp3) is 0.333. The summed E-state index contributed by atoms with van der Waals surface area (Å²) in [5.41, 5.74) is 2.04. The average molecular weight is 571 g/mol. The van der Waals surface area contributed by atoms with Gasteiger partial charge in [0.05, 0.1) is 16.6 Å². The van der Waals surface area contributed by atoms with Crippen molar-refractivity contribution < 1.29 is 18.7 Å². The SMILES string of the molecule is CC.O=C(OCc1ccccc1)N1CCC2CN(C(=O)c3cc(Cc4n[nH]c(=O)c5ccccc45)ccc3F)CC2C1. The van der Waals surface area contributed by atoms with E-state index in [0.29, 0.717) is 43.7 Å². The number of hydrogen-bond acceptors (Lipinski definition) is 5. The highest BCUT2D eigenvalue weighted by molar-refractivity contribution is 5.95. The highest BCUT2D eigenvalue weighted by Gasteiger charge is 2.41. The van der Waals surface area contributed by atoms with E-state index in [0.717, 1.165) is 22.9 Å². The first-order valence-corrected chi connectivity index (χ1v) is 14.5. The van der Waals surface area contributed by atoms with Crippen molar-refractivity contribution in [2.24, 2.45) is 11.8 Å². The molecular formula is C33H35FN4O4. The zero-order valence-electron chi connectivity index (χ0n) is 23.9. The lowest BCUT2D eigenvalue weighted by Crippen LogP contribution is -2.43. The lowest BCUT2D eigenvalue weighted by molar-refractivity contribution is 0.0728. The van der Waals surface area contributed by atoms with E-state index in [1.807, 2.05) is 56.3 Å². The van der Waals surface area contributed by atoms with E-state index < -0.39 is 5.82 Å². The number of aromatic amines is 1. The number of piperidine rings is 1. The number of H-pyrrole nitrogens is 1. The maximum absolute atomic E-state index is 14.9. The summed E-state index contributed by atoms with van der Waals surface area (Å²) in [7, 11) is 0. The summed E-state index contributed by atoms with van der Waals surface area (Å²) >= 11 is 0. The molecule has 42 heavy (non-hydrogen) atoms. The molecule has 2 amide bonds. The molecule has 9 heteroatoms. The summed E-state index contributed by atoms with van der Waals surface area (Å²) in [6, 6.07) is 21.2. The molecule has 2 unspecified atom stereocenters. The molecule has 218 valence electrons. The van der Waals surface area contributed by atoms with E-state index in [1.165, 1.54) is 6.07 Å². The van der Waals surface area contributed by atoms with Crippen LogP contribution in [0.2, 0.25) is 0 Å². The van der Waals surface area contributed by atoms with Crippen molar-refractivity contribution in [3.8, 4) is 0 Å². The van der Waals surface area contributed by atoms with Gasteiger partial charge in [0.15, 0.2) is 0 Å². The zero-order chi connectivity index (χ0) is 29.6. The monoisotopic (exact) mass is 570 g/mol. The zero-order valence-corrected chi connectivity index (χ0v) is 23.9. The molecule has 0 bridgehead atoms. The number of likely N-dealkylation sites (tertiary alicyclic amines) is 2. The van der Waals surface area contributed by atoms with Crippen LogP contribution >= 0.6 is 0 Å². The molecule has 1 N–H and O–H groups in total. The van der Waals surface area contributed by atoms with Crippen LogP contribution in [0.5, 0.6) is 0 Å². The van der Waals surface area contributed by atoms with Crippen LogP contribution in [0, 0.1) is 17.7 Å². The second kappa shape index (κ2) is 13.0. The summed E-state index contributed by atoms with van der Waals surface area (Å²) in [6.45, 7) is 6.29. The largest absolute Gasteiger partial charge is 0.445 e. The van der Waals surface area contributed by atoms with E-state index in [4.69, 9.17) is 4.74 Å². The van der Waals surface area contributed by atoms with Gasteiger partial charge in [-0.3, -0.25) is 9.59 Å². The van der Waals surface area contributed by atoms with E-state index in [1.54, 1.807) is 34.1 Å². The number of benzene rings is 3. The molecule has 2 fully saturated rings. The van der Waals surface area contributed by atoms with Gasteiger partial charge in [-0.2, -0.15) is 5.10 Å². The number of halogens is 1. The normalized spacial score (nSPS) is 17.8. The molecule has 8 nitrogen and oxygen atoms in total. The third-order valence-electron chi connectivity index (χ3n) is 7.96. The smallest absolute Gasteiger partial charge is 0.410 e. The number of rotatable bonds is 5. The molecular weight excluding hydrogens is 535 g/mol. The van der Waals surface area contributed by atoms with Gasteiger partial charge in [0.2, 0.25) is 0 Å². The number of nitrogens with zero attached hydrogens (tertiary/aromatic N) is 3. The molecule has 3 aromatic carbocycles. The number of carbonyl (C=O) groups excluding carboxylic acids is 2. The Kier molecular flexibility index (Phi) is 8.95. The highest BCUT2D eigenvalue weighted by atomic mass is 19.1. The molecule has 3 heterocycles. The predicted octanol–water partition coefficient (Wildman–Crippen LogP) is 5.41. The van der Waals surface area contributed by atoms with Crippen molar-refractivity contribution >= 4 is 22.8 Å². The Morgan fingerprint density at radius 3 is 2.38 bits per heavy atom. The van der Waals surface area contributed by atoms with Crippen molar-refractivity contribution in [2.45, 2.75) is 33.3 Å². The van der Waals surface area contributed by atoms with Gasteiger partial charge in [-0.15, -0.1) is 0 Å². The molecule has 2 atom stereocenters. The standard InChI is InChI=1S/C31H29FN4O4.C2H6/c32-27-11-10-21(15-28-24-8-4-5-9-25(24)29(37)34-33-28)14-26(27)30(38)36-16-22-12-13-35(17-23(22)18-36)31(39)40-19-20-6-2-1-3-7-20;1-2/h1-11,14,22-23H,12-13,15-19H2,(H,34,37);1-2H3. The Bertz CT molecular complexity index is 1620. The summed E-state index contributed by atoms with van der Waals surface area (Å²) in [4.78, 5) is 41.7. The maximum atomic E-state index is 14.9. The average Bonchev–Trinajstić information content (AvgIpc) is 3.47. The molecule has 6 rings (SSSR count). The second-order valence-corrected chi connectivity index (χ2v) is 10.5. The van der Waals surface area contributed by atoms with E-state index >= 15 is 0 Å². The molecule has 4 aromatic rings. The van der Waals surface area contributed by atoms with Crippen molar-refractivity contribution in [1.29, 1.82) is 0 Å². The van der Waals surface area contributed by atoms with E-state index in [9.17, 15) is 18.8 Å². The molecule has 2 saturated heterocycles. The Morgan fingerprint density at radius 2 is 1.60 bits per heavy atom. The number of aromatic nitrogens is 2. The van der Waals surface area contributed by atoms with Crippen LogP contribution in [0.4, 0.5) is 9.18 Å². The minimum absolute atomic E-state index is 0.0176. The fourth-order valence-electron chi connectivity index (χ4n) is 5.83. The lowest BCUT2D eigenvalue weighted by Gasteiger charge is -2.33. The van der Waals surface area contributed by atoms with Gasteiger partial charge in [0.1, 0.15) is 12.4 Å². The second-order valence-electron chi connectivity index (χ2n) is 10.5. The first-order chi connectivity index (χ1) is 20.5. The highest BCUT2D eigenvalue weighted by Crippen LogP contribution is 2.33. The third kappa shape index (κ3) is 6.20. The first-order valence-electron chi connectivity index (χ1n) is 14.5. The van der Waals surface area contributed by atoms with Gasteiger partial charge in [-0.25, -0.2) is 14.3 Å². The van der Waals surface area contributed by atoms with Crippen LogP contribution in [0.3, 0.4) is 0 Å². The number of ether oxygens (including phenoxy) is 1. The van der Waals surface area contributed by atoms with E-state index in [-0.39, 0.29) is 41.6 Å². The first kappa shape index (κ1) is 29.0. The lowest BCUT2D eigenvalue weighted by atomic mass is 9.89. The quantitative estimate of drug-likeness (QED) is 0.346. The Balaban J connectivity index is 0.00000173. The number of carbonyl (C=O) groups is 2. The molecule has 0 aliphatic carbocycles. The summed E-state index contributed by atoms with van der Waals surface area (Å²) < 4.78 is 20.4. The Morgan fingerprint density at radius 1 is 0.905 bits per heavy atom. The van der Waals surface area contributed by atoms with Crippen LogP contribution in [0.1, 0.15) is 47.4 Å². The topological polar surface area (TPSA) is 95.6 Å². The molecule has 1 aromatic heterocycles. The molecule has 0 radical (unpaired) electrons. The van der Waals surface area contributed by atoms with Crippen molar-refractivity contribution in [3.63, 3.8) is 0 Å². The third-order valence-corrected chi connectivity index (χ3v) is 7.96. The summed E-state index contributed by atoms with van der Waals surface area (Å²) in [5, 5.41) is 7.98. The van der Waals surface area contributed by atoms with Gasteiger partial charge >= 0.3 is 6.09 Å². The van der Waals surface area contributed by atoms with Crippen LogP contribution in [0.25, 0.3) is 10.8 Å². The van der Waals surface area contributed by atoms with Gasteiger partial charge < -0.3 is 14.5 Å². The van der Waals surface area contributed by atoms with Crippen LogP contribution < -0.4 is 5.56 Å². The van der Waals surface area contributed by atoms with Crippen molar-refractivity contribution in [2.75, 3.05) is 26.2 Å². The number of nitrogens with one attached hydrogen (secondary N) is 1. The summed E-state index contributed by atoms with van der Waals surface area (Å²) in [5.74, 6) is -0.560. The van der Waals surface area contributed by atoms with Crippen molar-refractivity contribution in [3.05, 3.63) is 111 Å². The van der Waals surface area contributed by atoms with Crippen LogP contribution in [0.15, 0.2) is 77.6 Å². The van der Waals surface area contributed by atoms with Gasteiger partial charge in [-0.1, -0.05) is 68.4 Å². The Labute approximate surface area is 244 Å². The van der Waals surface area contributed by atoms with E-state index in [2.05, 4.69) is 10.2 Å². The fourth-order valence-corrected chi connectivity index (χ4v) is 5.83. The molecule has 2 aliphatic rings. The van der Waals surface area contributed by atoms with Crippen LogP contribution in [-0.2, 0) is 17.8 Å². The van der Waals surface area contributed by atoms with Crippen LogP contribution in [-0.4, -0.2) is 58.2 Å². The maximum Gasteiger partial charge on any atom is 0.410 e. The molecule has 0 spiro atoms. The van der Waals surface area contributed by atoms with Crippen molar-refractivity contribution in [1.82, 2.24) is 20.0 Å². The molecule has 2 aliphatic heterocycles. The predicted molar refractivity (Wildman–Crippen MR) is 159 cm³/mol. The van der Waals surface area contributed by atoms with Gasteiger partial charge in [0.25, 0.3) is 11.5 Å². The minimum atomic E-state index is -0.575. The molecule has 0 saturated carbocycles. The van der Waals surface area contributed by atoms with Gasteiger partial charge in [0, 0.05) is 38.0 Å². The number of fused-ring (bicyclic) bond motifs is 2. The number of amides is 2. The minimum Gasteiger partial charge on any atom is -0.445 e. The summed E-state index contributed by atoms with van der Waals surface area (Å²) in [6.07, 6.45) is 0.750. The number of hydrogen-bond donors (Lipinski definition) is 1. The van der Waals surface area contributed by atoms with Gasteiger partial charge in [-0.05, 0) is 47.6 Å².